The molecule has 0 saturated heterocycles. The second-order valence-electron chi connectivity index (χ2n) is 1.92. The molecule has 1 atom stereocenters. The van der Waals surface area contributed by atoms with Crippen LogP contribution in [-0.4, -0.2) is 0 Å². The Morgan fingerprint density at radius 3 is 2.36 bits per heavy atom. The van der Waals surface area contributed by atoms with Crippen molar-refractivity contribution in [2.75, 3.05) is 0 Å². The van der Waals surface area contributed by atoms with Gasteiger partial charge in [-0.2, -0.15) is 0 Å². The van der Waals surface area contributed by atoms with Crippen LogP contribution in [0.5, 0.6) is 0 Å². The second-order valence-corrected chi connectivity index (χ2v) is 4.94. The van der Waals surface area contributed by atoms with Gasteiger partial charge in [0.25, 0.3) is 0 Å². The van der Waals surface area contributed by atoms with Gasteiger partial charge in [0.05, 0.1) is 5.30 Å². The molecule has 0 aliphatic rings. The van der Waals surface area contributed by atoms with Crippen LogP contribution >= 0.6 is 18.0 Å². The molecule has 60 valence electrons. The Morgan fingerprint density at radius 2 is 1.91 bits per heavy atom. The van der Waals surface area contributed by atoms with E-state index in [4.69, 9.17) is 17.1 Å². The lowest BCUT2D eigenvalue weighted by Crippen LogP contribution is -2.05. The Kier molecular flexibility index (Phi) is 2.68. The Balaban J connectivity index is 3.03. The third kappa shape index (κ3) is 2.04. The van der Waals surface area contributed by atoms with Gasteiger partial charge >= 0.3 is 6.72 Å². The van der Waals surface area contributed by atoms with E-state index in [-0.39, 0.29) is 0 Å². The first-order chi connectivity index (χ1) is 5.17. The molecule has 1 unspecified atom stereocenters. The highest BCUT2D eigenvalue weighted by Crippen LogP contribution is 2.48. The predicted molar refractivity (Wildman–Crippen MR) is 44.8 cm³/mol. The zero-order valence-electron chi connectivity index (χ0n) is 5.61. The summed E-state index contributed by atoms with van der Waals surface area (Å²) < 4.78 is 15.3. The summed E-state index contributed by atoms with van der Waals surface area (Å²) in [6, 6.07) is 8.41. The number of nitrogens with two attached hydrogens (primary N) is 1. The average molecular weight is 192 g/mol. The van der Waals surface area contributed by atoms with E-state index in [1.807, 2.05) is 0 Å². The first-order valence-corrected chi connectivity index (χ1v) is 5.43. The van der Waals surface area contributed by atoms with Crippen LogP contribution in [0.3, 0.4) is 0 Å². The van der Waals surface area contributed by atoms with Crippen molar-refractivity contribution in [2.24, 2.45) is 5.90 Å². The molecular weight excluding hydrogens is 184 g/mol. The van der Waals surface area contributed by atoms with Gasteiger partial charge in [0.2, 0.25) is 0 Å². The monoisotopic (exact) mass is 191 g/mol. The summed E-state index contributed by atoms with van der Waals surface area (Å²) >= 11 is 5.45. The van der Waals surface area contributed by atoms with Gasteiger partial charge in [-0.05, 0) is 23.4 Å². The van der Waals surface area contributed by atoms with Crippen molar-refractivity contribution >= 4 is 23.3 Å². The summed E-state index contributed by atoms with van der Waals surface area (Å²) in [4.78, 5) is 0. The van der Waals surface area contributed by atoms with Crippen molar-refractivity contribution in [1.82, 2.24) is 0 Å². The van der Waals surface area contributed by atoms with Gasteiger partial charge in [0.1, 0.15) is 0 Å². The highest BCUT2D eigenvalue weighted by atomic mass is 35.7. The minimum atomic E-state index is -3.28. The lowest BCUT2D eigenvalue weighted by Gasteiger charge is -2.05. The molecule has 0 aromatic heterocycles. The Bertz CT molecular complexity index is 277. The lowest BCUT2D eigenvalue weighted by atomic mass is 10.4. The zero-order valence-corrected chi connectivity index (χ0v) is 7.26. The molecule has 0 radical (unpaired) electrons. The van der Waals surface area contributed by atoms with Crippen molar-refractivity contribution in [3.8, 4) is 0 Å². The highest BCUT2D eigenvalue weighted by Gasteiger charge is 2.20. The van der Waals surface area contributed by atoms with E-state index in [2.05, 4.69) is 4.62 Å². The van der Waals surface area contributed by atoms with E-state index in [1.54, 1.807) is 30.3 Å². The molecule has 0 saturated carbocycles. The minimum absolute atomic E-state index is 0.407. The van der Waals surface area contributed by atoms with Gasteiger partial charge in [-0.15, -0.1) is 0 Å². The van der Waals surface area contributed by atoms with E-state index in [0.29, 0.717) is 5.30 Å². The largest absolute Gasteiger partial charge is 0.335 e. The normalized spacial score (nSPS) is 15.8. The summed E-state index contributed by atoms with van der Waals surface area (Å²) in [7, 11) is 0. The number of halogens is 1. The maximum atomic E-state index is 11.2. The predicted octanol–water partition coefficient (Wildman–Crippen LogP) is 1.63. The van der Waals surface area contributed by atoms with Gasteiger partial charge in [-0.3, -0.25) is 4.57 Å². The molecule has 5 heteroatoms. The maximum Gasteiger partial charge on any atom is 0.335 e. The van der Waals surface area contributed by atoms with Crippen molar-refractivity contribution in [3.63, 3.8) is 0 Å². The van der Waals surface area contributed by atoms with Gasteiger partial charge in [0, 0.05) is 0 Å². The Labute approximate surface area is 69.3 Å². The fraction of sp³-hybridized carbons (Fsp3) is 0. The fourth-order valence-corrected chi connectivity index (χ4v) is 1.65. The first-order valence-electron chi connectivity index (χ1n) is 2.90. The maximum absolute atomic E-state index is 11.2. The average Bonchev–Trinajstić information content (AvgIpc) is 2.06. The highest BCUT2D eigenvalue weighted by molar-refractivity contribution is 7.91. The van der Waals surface area contributed by atoms with Crippen LogP contribution in [0.4, 0.5) is 0 Å². The number of hydrogen-bond donors (Lipinski definition) is 1. The molecule has 1 aromatic carbocycles. The number of benzene rings is 1. The SMILES string of the molecule is NOP(=O)(Cl)c1ccccc1. The van der Waals surface area contributed by atoms with Gasteiger partial charge < -0.3 is 0 Å². The van der Waals surface area contributed by atoms with E-state index in [9.17, 15) is 4.57 Å². The summed E-state index contributed by atoms with van der Waals surface area (Å²) in [5.41, 5.74) is 0. The summed E-state index contributed by atoms with van der Waals surface area (Å²) in [6.45, 7) is -3.28. The van der Waals surface area contributed by atoms with E-state index in [1.165, 1.54) is 0 Å². The topological polar surface area (TPSA) is 52.3 Å². The lowest BCUT2D eigenvalue weighted by molar-refractivity contribution is 0.347. The molecule has 0 aliphatic carbocycles. The Hall–Kier alpha value is -0.340. The fourth-order valence-electron chi connectivity index (χ4n) is 0.667. The minimum Gasteiger partial charge on any atom is -0.268 e. The van der Waals surface area contributed by atoms with Crippen LogP contribution in [0.2, 0.25) is 0 Å². The Morgan fingerprint density at radius 1 is 1.36 bits per heavy atom. The van der Waals surface area contributed by atoms with Crippen LogP contribution in [0, 0.1) is 0 Å². The summed E-state index contributed by atoms with van der Waals surface area (Å²) in [6.07, 6.45) is 0. The molecule has 0 aliphatic heterocycles. The van der Waals surface area contributed by atoms with E-state index in [0.717, 1.165) is 0 Å². The molecule has 1 aromatic rings. The first kappa shape index (κ1) is 8.75. The molecule has 0 amide bonds. The molecule has 0 heterocycles. The van der Waals surface area contributed by atoms with E-state index >= 15 is 0 Å². The smallest absolute Gasteiger partial charge is 0.268 e. The molecule has 0 bridgehead atoms. The quantitative estimate of drug-likeness (QED) is 0.571. The molecular formula is C6H7ClNO2P. The molecule has 11 heavy (non-hydrogen) atoms. The summed E-state index contributed by atoms with van der Waals surface area (Å²) in [5, 5.41) is 0.407. The number of rotatable bonds is 2. The molecule has 0 spiro atoms. The molecule has 2 N–H and O–H groups in total. The third-order valence-electron chi connectivity index (χ3n) is 1.20. The molecule has 0 fully saturated rings. The third-order valence-corrected chi connectivity index (χ3v) is 3.21. The van der Waals surface area contributed by atoms with Crippen LogP contribution in [-0.2, 0) is 9.19 Å². The van der Waals surface area contributed by atoms with E-state index < -0.39 is 6.72 Å². The molecule has 1 rings (SSSR count). The second kappa shape index (κ2) is 3.37. The van der Waals surface area contributed by atoms with Gasteiger partial charge in [-0.1, -0.05) is 18.2 Å². The van der Waals surface area contributed by atoms with Crippen molar-refractivity contribution in [2.45, 2.75) is 0 Å². The van der Waals surface area contributed by atoms with Crippen LogP contribution in [0.1, 0.15) is 0 Å². The van der Waals surface area contributed by atoms with Gasteiger partial charge in [-0.25, -0.2) is 10.5 Å². The standard InChI is InChI=1S/C6H7ClNO2P/c7-11(9,10-8)6-4-2-1-3-5-6/h1-5H,8H2. The van der Waals surface area contributed by atoms with Crippen molar-refractivity contribution in [1.29, 1.82) is 0 Å². The van der Waals surface area contributed by atoms with Crippen LogP contribution < -0.4 is 11.2 Å². The van der Waals surface area contributed by atoms with Crippen LogP contribution in [0.15, 0.2) is 30.3 Å². The summed E-state index contributed by atoms with van der Waals surface area (Å²) in [5.74, 6) is 4.74. The van der Waals surface area contributed by atoms with Crippen LogP contribution in [0.25, 0.3) is 0 Å². The number of hydrogen-bond acceptors (Lipinski definition) is 3. The zero-order chi connectivity index (χ0) is 8.32. The van der Waals surface area contributed by atoms with Crippen molar-refractivity contribution in [3.05, 3.63) is 30.3 Å². The van der Waals surface area contributed by atoms with Crippen molar-refractivity contribution < 1.29 is 9.19 Å². The van der Waals surface area contributed by atoms with Gasteiger partial charge in [0.15, 0.2) is 0 Å². The molecule has 3 nitrogen and oxygen atoms in total.